The number of fused-ring (bicyclic) bond motifs is 2. The molecule has 0 radical (unpaired) electrons. The van der Waals surface area contributed by atoms with Gasteiger partial charge in [0.2, 0.25) is 0 Å². The molecule has 20 heavy (non-hydrogen) atoms. The van der Waals surface area contributed by atoms with Gasteiger partial charge in [0.1, 0.15) is 6.29 Å². The van der Waals surface area contributed by atoms with Crippen LogP contribution in [0.2, 0.25) is 0 Å². The highest BCUT2D eigenvalue weighted by Crippen LogP contribution is 2.72. The summed E-state index contributed by atoms with van der Waals surface area (Å²) in [5.41, 5.74) is 0.530. The van der Waals surface area contributed by atoms with E-state index in [2.05, 4.69) is 13.5 Å². The Hall–Kier alpha value is -0.670. The summed E-state index contributed by atoms with van der Waals surface area (Å²) in [6.07, 6.45) is 6.69. The van der Waals surface area contributed by atoms with Crippen LogP contribution in [0.3, 0.4) is 0 Å². The molecule has 0 spiro atoms. The average molecular weight is 278 g/mol. The van der Waals surface area contributed by atoms with Crippen molar-refractivity contribution in [1.29, 1.82) is 0 Å². The number of aldehydes is 1. The molecule has 112 valence electrons. The molecule has 3 fully saturated rings. The molecular weight excluding hydrogens is 252 g/mol. The van der Waals surface area contributed by atoms with E-state index >= 15 is 0 Å². The molecule has 3 nitrogen and oxygen atoms in total. The van der Waals surface area contributed by atoms with Gasteiger partial charge in [-0.15, -0.1) is 0 Å². The fourth-order valence-electron chi connectivity index (χ4n) is 5.78. The van der Waals surface area contributed by atoms with Crippen LogP contribution in [-0.4, -0.2) is 31.2 Å². The van der Waals surface area contributed by atoms with Crippen molar-refractivity contribution in [2.45, 2.75) is 45.1 Å². The Morgan fingerprint density at radius 3 is 2.60 bits per heavy atom. The third-order valence-corrected chi connectivity index (χ3v) is 6.85. The van der Waals surface area contributed by atoms with E-state index in [4.69, 9.17) is 4.74 Å². The predicted molar refractivity (Wildman–Crippen MR) is 77.2 cm³/mol. The monoisotopic (exact) mass is 278 g/mol. The fourth-order valence-corrected chi connectivity index (χ4v) is 5.78. The van der Waals surface area contributed by atoms with Gasteiger partial charge in [0, 0.05) is 25.0 Å². The molecule has 0 amide bonds. The molecule has 0 aromatic rings. The zero-order valence-electron chi connectivity index (χ0n) is 12.6. The van der Waals surface area contributed by atoms with E-state index in [0.29, 0.717) is 5.92 Å². The second kappa shape index (κ2) is 4.67. The molecule has 0 saturated heterocycles. The van der Waals surface area contributed by atoms with Crippen LogP contribution in [0.1, 0.15) is 39.0 Å². The van der Waals surface area contributed by atoms with Gasteiger partial charge in [-0.25, -0.2) is 0 Å². The number of hydrogen-bond acceptors (Lipinski definition) is 3. The van der Waals surface area contributed by atoms with Crippen LogP contribution in [0.4, 0.5) is 0 Å². The second-order valence-electron chi connectivity index (χ2n) is 7.20. The predicted octanol–water partition coefficient (Wildman–Crippen LogP) is 2.58. The molecule has 0 unspecified atom stereocenters. The lowest BCUT2D eigenvalue weighted by atomic mass is 9.54. The van der Waals surface area contributed by atoms with E-state index in [1.54, 1.807) is 7.11 Å². The van der Waals surface area contributed by atoms with Crippen molar-refractivity contribution in [3.63, 3.8) is 0 Å². The number of aliphatic hydroxyl groups excluding tert-OH is 1. The lowest BCUT2D eigenvalue weighted by Gasteiger charge is -2.48. The number of aliphatic hydroxyl groups is 1. The van der Waals surface area contributed by atoms with E-state index in [1.165, 1.54) is 25.7 Å². The van der Waals surface area contributed by atoms with Crippen molar-refractivity contribution >= 4 is 6.29 Å². The third-order valence-electron chi connectivity index (χ3n) is 6.85. The van der Waals surface area contributed by atoms with Crippen LogP contribution in [0.25, 0.3) is 0 Å². The summed E-state index contributed by atoms with van der Waals surface area (Å²) in [6, 6.07) is 0. The first-order valence-corrected chi connectivity index (χ1v) is 7.86. The summed E-state index contributed by atoms with van der Waals surface area (Å²) in [4.78, 5) is 12.1. The zero-order chi connectivity index (χ0) is 14.5. The molecule has 0 aromatic carbocycles. The summed E-state index contributed by atoms with van der Waals surface area (Å²) >= 11 is 0. The number of carbonyl (C=O) groups is 1. The molecule has 1 N–H and O–H groups in total. The molecule has 2 bridgehead atoms. The Kier molecular flexibility index (Phi) is 3.33. The first-order chi connectivity index (χ1) is 9.56. The van der Waals surface area contributed by atoms with Gasteiger partial charge in [0.15, 0.2) is 0 Å². The van der Waals surface area contributed by atoms with Gasteiger partial charge in [-0.2, -0.15) is 0 Å². The number of ether oxygens (including phenoxy) is 1. The van der Waals surface area contributed by atoms with Crippen LogP contribution in [-0.2, 0) is 9.53 Å². The Morgan fingerprint density at radius 1 is 1.45 bits per heavy atom. The average Bonchev–Trinajstić information content (AvgIpc) is 3.13. The minimum Gasteiger partial charge on any atom is -0.396 e. The van der Waals surface area contributed by atoms with Crippen LogP contribution < -0.4 is 0 Å². The third kappa shape index (κ3) is 1.41. The van der Waals surface area contributed by atoms with Crippen LogP contribution >= 0.6 is 0 Å². The highest BCUT2D eigenvalue weighted by molar-refractivity contribution is 5.68. The number of carbonyl (C=O) groups excluding carboxylic acids is 1. The SMILES string of the molecule is C=C1[C@H]2[C@H](CO)C[C@](C=O)([C@H]2OC)[C@]1(C)C1CCCC1. The van der Waals surface area contributed by atoms with Crippen molar-refractivity contribution < 1.29 is 14.6 Å². The van der Waals surface area contributed by atoms with Crippen LogP contribution in [0.5, 0.6) is 0 Å². The van der Waals surface area contributed by atoms with Crippen LogP contribution in [0.15, 0.2) is 12.2 Å². The molecule has 0 aliphatic heterocycles. The van der Waals surface area contributed by atoms with E-state index < -0.39 is 5.41 Å². The molecule has 0 aromatic heterocycles. The fraction of sp³-hybridized carbons (Fsp3) is 0.824. The Morgan fingerprint density at radius 2 is 2.10 bits per heavy atom. The van der Waals surface area contributed by atoms with Crippen molar-refractivity contribution in [3.8, 4) is 0 Å². The van der Waals surface area contributed by atoms with Gasteiger partial charge in [-0.3, -0.25) is 0 Å². The molecule has 3 aliphatic rings. The summed E-state index contributed by atoms with van der Waals surface area (Å²) in [5.74, 6) is 0.815. The molecule has 3 heteroatoms. The largest absolute Gasteiger partial charge is 0.396 e. The summed E-state index contributed by atoms with van der Waals surface area (Å²) in [5, 5.41) is 9.65. The first kappa shape index (κ1) is 14.3. The lowest BCUT2D eigenvalue weighted by molar-refractivity contribution is -0.132. The van der Waals surface area contributed by atoms with Crippen molar-refractivity contribution in [3.05, 3.63) is 12.2 Å². The van der Waals surface area contributed by atoms with Gasteiger partial charge in [-0.05, 0) is 31.1 Å². The minimum atomic E-state index is -0.480. The summed E-state index contributed by atoms with van der Waals surface area (Å²) < 4.78 is 5.75. The molecule has 3 rings (SSSR count). The Balaban J connectivity index is 2.09. The summed E-state index contributed by atoms with van der Waals surface area (Å²) in [6.45, 7) is 6.73. The Labute approximate surface area is 121 Å². The maximum atomic E-state index is 12.1. The number of rotatable bonds is 4. The standard InChI is InChI=1S/C17H26O3/c1-11-14-12(9-18)8-17(10-19,15(14)20-3)16(11,2)13-6-4-5-7-13/h10,12-15,18H,1,4-9H2,2-3H3/t12-,14-,15-,16-,17-/m0/s1. The van der Waals surface area contributed by atoms with Gasteiger partial charge < -0.3 is 14.6 Å². The van der Waals surface area contributed by atoms with Gasteiger partial charge in [-0.1, -0.05) is 31.9 Å². The van der Waals surface area contributed by atoms with E-state index in [1.807, 2.05) is 0 Å². The number of methoxy groups -OCH3 is 1. The maximum Gasteiger partial charge on any atom is 0.129 e. The second-order valence-corrected chi connectivity index (χ2v) is 7.20. The van der Waals surface area contributed by atoms with Crippen molar-refractivity contribution in [1.82, 2.24) is 0 Å². The molecule has 3 saturated carbocycles. The normalized spacial score (nSPS) is 48.1. The maximum absolute atomic E-state index is 12.1. The van der Waals surface area contributed by atoms with Gasteiger partial charge >= 0.3 is 0 Å². The van der Waals surface area contributed by atoms with Crippen LogP contribution in [0, 0.1) is 28.6 Å². The first-order valence-electron chi connectivity index (χ1n) is 7.86. The van der Waals surface area contributed by atoms with Gasteiger partial charge in [0.05, 0.1) is 11.5 Å². The quantitative estimate of drug-likeness (QED) is 0.635. The molecule has 5 atom stereocenters. The highest BCUT2D eigenvalue weighted by Gasteiger charge is 2.72. The highest BCUT2D eigenvalue weighted by atomic mass is 16.5. The smallest absolute Gasteiger partial charge is 0.129 e. The number of hydrogen-bond donors (Lipinski definition) is 1. The summed E-state index contributed by atoms with van der Waals surface area (Å²) in [7, 11) is 1.70. The van der Waals surface area contributed by atoms with Gasteiger partial charge in [0.25, 0.3) is 0 Å². The van der Waals surface area contributed by atoms with Crippen molar-refractivity contribution in [2.24, 2.45) is 28.6 Å². The van der Waals surface area contributed by atoms with Crippen molar-refractivity contribution in [2.75, 3.05) is 13.7 Å². The minimum absolute atomic E-state index is 0.102. The van der Waals surface area contributed by atoms with E-state index in [-0.39, 0.29) is 30.0 Å². The topological polar surface area (TPSA) is 46.5 Å². The van der Waals surface area contributed by atoms with E-state index in [9.17, 15) is 9.90 Å². The van der Waals surface area contributed by atoms with E-state index in [0.717, 1.165) is 18.3 Å². The molecular formula is C17H26O3. The lowest BCUT2D eigenvalue weighted by Crippen LogP contribution is -2.48. The molecule has 3 aliphatic carbocycles. The zero-order valence-corrected chi connectivity index (χ0v) is 12.6. The molecule has 0 heterocycles. The Bertz CT molecular complexity index is 426.